The number of hydrogen-bond donors (Lipinski definition) is 3. The smallest absolute Gasteiger partial charge is 0.490 e. The second-order valence-corrected chi connectivity index (χ2v) is 4.27. The molecule has 0 heterocycles. The summed E-state index contributed by atoms with van der Waals surface area (Å²) in [4.78, 5) is 19.4. The molecule has 0 atom stereocenters. The van der Waals surface area contributed by atoms with Crippen LogP contribution in [0.1, 0.15) is 5.56 Å². The molecule has 10 heteroatoms. The minimum Gasteiger partial charge on any atom is -0.491 e. The Morgan fingerprint density at radius 2 is 1.75 bits per heavy atom. The van der Waals surface area contributed by atoms with Gasteiger partial charge in [0.25, 0.3) is 0 Å². The Morgan fingerprint density at radius 1 is 1.12 bits per heavy atom. The molecule has 0 fully saturated rings. The highest BCUT2D eigenvalue weighted by Gasteiger charge is 2.38. The summed E-state index contributed by atoms with van der Waals surface area (Å²) in [6, 6.07) is 7.03. The van der Waals surface area contributed by atoms with Crippen molar-refractivity contribution in [3.05, 3.63) is 29.8 Å². The summed E-state index contributed by atoms with van der Waals surface area (Å²) in [6.45, 7) is 1.91. The van der Waals surface area contributed by atoms with Gasteiger partial charge in [-0.2, -0.15) is 13.2 Å². The molecule has 0 unspecified atom stereocenters. The van der Waals surface area contributed by atoms with Gasteiger partial charge in [0.2, 0.25) is 0 Å². The van der Waals surface area contributed by atoms with Crippen LogP contribution in [0.3, 0.4) is 0 Å². The molecule has 7 nitrogen and oxygen atoms in total. The normalized spacial score (nSPS) is 10.5. The molecule has 0 radical (unpaired) electrons. The first kappa shape index (κ1) is 21.7. The Kier molecular flexibility index (Phi) is 10.2. The van der Waals surface area contributed by atoms with E-state index in [9.17, 15) is 18.0 Å². The van der Waals surface area contributed by atoms with Gasteiger partial charge in [0.15, 0.2) is 0 Å². The predicted molar refractivity (Wildman–Crippen MR) is 76.8 cm³/mol. The summed E-state index contributed by atoms with van der Waals surface area (Å²) in [7, 11) is 0. The molecule has 0 spiro atoms. The van der Waals surface area contributed by atoms with Crippen LogP contribution in [-0.4, -0.2) is 54.7 Å². The van der Waals surface area contributed by atoms with Crippen LogP contribution in [0.25, 0.3) is 0 Å². The van der Waals surface area contributed by atoms with E-state index in [1.54, 1.807) is 24.3 Å². The molecule has 4 N–H and O–H groups in total. The zero-order valence-corrected chi connectivity index (χ0v) is 12.6. The lowest BCUT2D eigenvalue weighted by Crippen LogP contribution is -2.21. The van der Waals surface area contributed by atoms with Crippen LogP contribution in [0.4, 0.5) is 13.2 Å². The minimum atomic E-state index is -5.08. The molecule has 1 aromatic rings. The average molecular weight is 353 g/mol. The van der Waals surface area contributed by atoms with E-state index >= 15 is 0 Å². The first-order valence-corrected chi connectivity index (χ1v) is 6.68. The van der Waals surface area contributed by atoms with Crippen LogP contribution in [-0.2, 0) is 20.7 Å². The van der Waals surface area contributed by atoms with Crippen LogP contribution >= 0.6 is 0 Å². The Bertz CT molecular complexity index is 521. The lowest BCUT2D eigenvalue weighted by molar-refractivity contribution is -0.192. The Morgan fingerprint density at radius 3 is 2.25 bits per heavy atom. The number of ether oxygens (including phenoxy) is 2. The number of alkyl halides is 3. The number of benzene rings is 1. The van der Waals surface area contributed by atoms with E-state index in [4.69, 9.17) is 30.2 Å². The molecule has 0 amide bonds. The summed E-state index contributed by atoms with van der Waals surface area (Å²) in [6.07, 6.45) is -5.08. The molecule has 0 aliphatic rings. The third-order valence-corrected chi connectivity index (χ3v) is 2.25. The summed E-state index contributed by atoms with van der Waals surface area (Å²) < 4.78 is 42.3. The highest BCUT2D eigenvalue weighted by Crippen LogP contribution is 2.14. The highest BCUT2D eigenvalue weighted by molar-refractivity contribution is 5.73. The van der Waals surface area contributed by atoms with Crippen LogP contribution < -0.4 is 10.5 Å². The van der Waals surface area contributed by atoms with Crippen molar-refractivity contribution in [3.63, 3.8) is 0 Å². The number of hydrogen-bond acceptors (Lipinski definition) is 5. The van der Waals surface area contributed by atoms with Crippen molar-refractivity contribution in [3.8, 4) is 5.75 Å². The van der Waals surface area contributed by atoms with Crippen LogP contribution in [0.2, 0.25) is 0 Å². The third kappa shape index (κ3) is 11.3. The highest BCUT2D eigenvalue weighted by atomic mass is 19.4. The fourth-order valence-electron chi connectivity index (χ4n) is 1.32. The van der Waals surface area contributed by atoms with Gasteiger partial charge in [0, 0.05) is 6.54 Å². The average Bonchev–Trinajstić information content (AvgIpc) is 2.46. The molecule has 0 bridgehead atoms. The molecule has 136 valence electrons. The minimum absolute atomic E-state index is 0.000867. The number of carboxylic acid groups (broad SMARTS) is 2. The Balaban J connectivity index is 0.000000640. The molecule has 0 aliphatic heterocycles. The first-order valence-electron chi connectivity index (χ1n) is 6.68. The number of rotatable bonds is 8. The molecule has 0 saturated carbocycles. The monoisotopic (exact) mass is 353 g/mol. The van der Waals surface area contributed by atoms with Gasteiger partial charge < -0.3 is 25.4 Å². The van der Waals surface area contributed by atoms with Gasteiger partial charge >= 0.3 is 18.1 Å². The van der Waals surface area contributed by atoms with Gasteiger partial charge in [0.05, 0.1) is 19.6 Å². The van der Waals surface area contributed by atoms with E-state index in [0.29, 0.717) is 32.1 Å². The van der Waals surface area contributed by atoms with Crippen LogP contribution in [0, 0.1) is 0 Å². The number of aliphatic carboxylic acids is 2. The van der Waals surface area contributed by atoms with E-state index in [-0.39, 0.29) is 6.42 Å². The molecular formula is C14H18F3NO6. The summed E-state index contributed by atoms with van der Waals surface area (Å²) in [5, 5.41) is 15.8. The topological polar surface area (TPSA) is 119 Å². The van der Waals surface area contributed by atoms with Gasteiger partial charge in [0.1, 0.15) is 12.4 Å². The predicted octanol–water partition coefficient (Wildman–Crippen LogP) is 1.30. The second kappa shape index (κ2) is 11.2. The SMILES string of the molecule is NCCOCCOc1cccc(CC(=O)O)c1.O=C(O)C(F)(F)F. The van der Waals surface area contributed by atoms with E-state index < -0.39 is 18.1 Å². The van der Waals surface area contributed by atoms with Crippen molar-refractivity contribution in [2.45, 2.75) is 12.6 Å². The van der Waals surface area contributed by atoms with Crippen molar-refractivity contribution >= 4 is 11.9 Å². The van der Waals surface area contributed by atoms with Gasteiger partial charge in [-0.3, -0.25) is 4.79 Å². The lowest BCUT2D eigenvalue weighted by atomic mass is 10.1. The fourth-order valence-corrected chi connectivity index (χ4v) is 1.32. The number of halogens is 3. The summed E-state index contributed by atoms with van der Waals surface area (Å²) in [5.41, 5.74) is 5.99. The van der Waals surface area contributed by atoms with Gasteiger partial charge in [-0.05, 0) is 17.7 Å². The molecule has 24 heavy (non-hydrogen) atoms. The van der Waals surface area contributed by atoms with Crippen LogP contribution in [0.5, 0.6) is 5.75 Å². The number of nitrogens with two attached hydrogens (primary N) is 1. The summed E-state index contributed by atoms with van der Waals surface area (Å²) >= 11 is 0. The molecule has 1 rings (SSSR count). The third-order valence-electron chi connectivity index (χ3n) is 2.25. The number of carbonyl (C=O) groups is 2. The zero-order valence-electron chi connectivity index (χ0n) is 12.6. The van der Waals surface area contributed by atoms with Gasteiger partial charge in [-0.25, -0.2) is 4.79 Å². The van der Waals surface area contributed by atoms with Crippen molar-refractivity contribution in [2.24, 2.45) is 5.73 Å². The van der Waals surface area contributed by atoms with E-state index in [0.717, 1.165) is 5.56 Å². The Hall–Kier alpha value is -2.33. The quantitative estimate of drug-likeness (QED) is 0.603. The molecule has 0 aromatic heterocycles. The van der Waals surface area contributed by atoms with Gasteiger partial charge in [-0.1, -0.05) is 12.1 Å². The maximum Gasteiger partial charge on any atom is 0.490 e. The molecule has 0 saturated heterocycles. The number of carboxylic acids is 2. The largest absolute Gasteiger partial charge is 0.491 e. The lowest BCUT2D eigenvalue weighted by Gasteiger charge is -2.07. The second-order valence-electron chi connectivity index (χ2n) is 4.27. The van der Waals surface area contributed by atoms with E-state index in [1.807, 2.05) is 0 Å². The summed E-state index contributed by atoms with van der Waals surface area (Å²) in [5.74, 6) is -2.96. The van der Waals surface area contributed by atoms with Crippen molar-refractivity contribution < 1.29 is 42.4 Å². The maximum atomic E-state index is 10.6. The maximum absolute atomic E-state index is 10.6. The molecule has 0 aliphatic carbocycles. The van der Waals surface area contributed by atoms with Crippen LogP contribution in [0.15, 0.2) is 24.3 Å². The first-order chi connectivity index (χ1) is 11.2. The standard InChI is InChI=1S/C12H17NO4.C2HF3O2/c13-4-5-16-6-7-17-11-3-1-2-10(8-11)9-12(14)15;3-2(4,5)1(6)7/h1-3,8H,4-7,9,13H2,(H,14,15);(H,6,7). The van der Waals surface area contributed by atoms with Gasteiger partial charge in [-0.15, -0.1) is 0 Å². The Labute approximate surface area is 135 Å². The van der Waals surface area contributed by atoms with Crippen molar-refractivity contribution in [1.82, 2.24) is 0 Å². The zero-order chi connectivity index (χ0) is 18.6. The van der Waals surface area contributed by atoms with Crippen molar-refractivity contribution in [2.75, 3.05) is 26.4 Å². The van der Waals surface area contributed by atoms with E-state index in [2.05, 4.69) is 0 Å². The molecular weight excluding hydrogens is 335 g/mol. The fraction of sp³-hybridized carbons (Fsp3) is 0.429. The molecule has 1 aromatic carbocycles. The van der Waals surface area contributed by atoms with E-state index in [1.165, 1.54) is 0 Å². The van der Waals surface area contributed by atoms with Crippen molar-refractivity contribution in [1.29, 1.82) is 0 Å².